The number of benzene rings is 1. The predicted octanol–water partition coefficient (Wildman–Crippen LogP) is 2.28. The molecule has 6 nitrogen and oxygen atoms in total. The summed E-state index contributed by atoms with van der Waals surface area (Å²) in [6.45, 7) is 0.904. The number of nitrogens with zero attached hydrogens (tertiary/aromatic N) is 1. The quantitative estimate of drug-likeness (QED) is 0.658. The maximum absolute atomic E-state index is 11.9. The van der Waals surface area contributed by atoms with Crippen LogP contribution < -0.4 is 10.6 Å². The molecule has 0 bridgehead atoms. The predicted molar refractivity (Wildman–Crippen MR) is 80.5 cm³/mol. The van der Waals surface area contributed by atoms with Gasteiger partial charge in [-0.15, -0.1) is 0 Å². The smallest absolute Gasteiger partial charge is 0.271 e. The highest BCUT2D eigenvalue weighted by Crippen LogP contribution is 2.26. The van der Waals surface area contributed by atoms with Crippen molar-refractivity contribution in [1.82, 2.24) is 5.32 Å². The molecule has 1 amide bonds. The first-order valence-corrected chi connectivity index (χ1v) is 7.64. The van der Waals surface area contributed by atoms with Crippen molar-refractivity contribution in [3.63, 3.8) is 0 Å². The maximum atomic E-state index is 11.9. The van der Waals surface area contributed by atoms with E-state index in [0.717, 1.165) is 18.1 Å². The van der Waals surface area contributed by atoms with Crippen LogP contribution in [0.4, 0.5) is 11.4 Å². The Balaban J connectivity index is 1.95. The molecular formula is C12H14ClN3O3S. The summed E-state index contributed by atoms with van der Waals surface area (Å²) in [5.74, 6) is 1.81. The Kier molecular flexibility index (Phi) is 5.22. The number of rotatable bonds is 4. The number of halogens is 1. The van der Waals surface area contributed by atoms with Gasteiger partial charge < -0.3 is 10.6 Å². The van der Waals surface area contributed by atoms with E-state index in [1.165, 1.54) is 18.2 Å². The van der Waals surface area contributed by atoms with Gasteiger partial charge in [0.15, 0.2) is 0 Å². The zero-order chi connectivity index (χ0) is 14.5. The molecule has 1 aliphatic heterocycles. The van der Waals surface area contributed by atoms with Crippen LogP contribution in [0.5, 0.6) is 0 Å². The van der Waals surface area contributed by atoms with Gasteiger partial charge in [0.1, 0.15) is 0 Å². The minimum Gasteiger partial charge on any atom is -0.325 e. The van der Waals surface area contributed by atoms with E-state index in [9.17, 15) is 14.9 Å². The van der Waals surface area contributed by atoms with E-state index in [0.29, 0.717) is 12.1 Å². The highest BCUT2D eigenvalue weighted by molar-refractivity contribution is 7.99. The number of nitro benzene ring substituents is 1. The van der Waals surface area contributed by atoms with E-state index < -0.39 is 4.92 Å². The third kappa shape index (κ3) is 4.09. The Hall–Kier alpha value is -1.31. The van der Waals surface area contributed by atoms with Crippen LogP contribution in [0.2, 0.25) is 5.02 Å². The third-order valence-electron chi connectivity index (χ3n) is 2.87. The number of hydrogen-bond donors (Lipinski definition) is 2. The molecule has 20 heavy (non-hydrogen) atoms. The second-order valence-electron chi connectivity index (χ2n) is 4.40. The molecule has 108 valence electrons. The van der Waals surface area contributed by atoms with E-state index in [4.69, 9.17) is 11.6 Å². The molecule has 1 atom stereocenters. The van der Waals surface area contributed by atoms with Crippen molar-refractivity contribution in [1.29, 1.82) is 0 Å². The SMILES string of the molecule is O=C(CC1CSCCN1)Nc1ccc([N+](=O)[O-])cc1Cl. The second kappa shape index (κ2) is 6.92. The monoisotopic (exact) mass is 315 g/mol. The lowest BCUT2D eigenvalue weighted by Crippen LogP contribution is -2.39. The molecule has 0 radical (unpaired) electrons. The number of non-ortho nitro benzene ring substituents is 1. The summed E-state index contributed by atoms with van der Waals surface area (Å²) in [7, 11) is 0. The van der Waals surface area contributed by atoms with E-state index >= 15 is 0 Å². The number of carbonyl (C=O) groups is 1. The molecule has 2 N–H and O–H groups in total. The minimum absolute atomic E-state index is 0.0988. The topological polar surface area (TPSA) is 84.3 Å². The molecule has 0 spiro atoms. The molecule has 1 unspecified atom stereocenters. The molecule has 0 aromatic heterocycles. The zero-order valence-corrected chi connectivity index (χ0v) is 12.2. The Labute approximate surface area is 125 Å². The Morgan fingerprint density at radius 3 is 3.00 bits per heavy atom. The van der Waals surface area contributed by atoms with Gasteiger partial charge in [0.05, 0.1) is 15.6 Å². The van der Waals surface area contributed by atoms with Gasteiger partial charge in [-0.1, -0.05) is 11.6 Å². The summed E-state index contributed by atoms with van der Waals surface area (Å²) in [6, 6.07) is 4.15. The maximum Gasteiger partial charge on any atom is 0.271 e. The van der Waals surface area contributed by atoms with E-state index in [2.05, 4.69) is 10.6 Å². The van der Waals surface area contributed by atoms with Gasteiger partial charge in [0.2, 0.25) is 5.91 Å². The highest BCUT2D eigenvalue weighted by atomic mass is 35.5. The van der Waals surface area contributed by atoms with Crippen molar-refractivity contribution in [3.8, 4) is 0 Å². The van der Waals surface area contributed by atoms with E-state index in [-0.39, 0.29) is 22.7 Å². The number of hydrogen-bond acceptors (Lipinski definition) is 5. The number of thioether (sulfide) groups is 1. The molecular weight excluding hydrogens is 302 g/mol. The Morgan fingerprint density at radius 2 is 2.40 bits per heavy atom. The van der Waals surface area contributed by atoms with Crippen LogP contribution >= 0.6 is 23.4 Å². The first kappa shape index (κ1) is 15.1. The Morgan fingerprint density at radius 1 is 1.60 bits per heavy atom. The summed E-state index contributed by atoms with van der Waals surface area (Å²) in [4.78, 5) is 22.0. The van der Waals surface area contributed by atoms with Gasteiger partial charge in [0.25, 0.3) is 5.69 Å². The number of nitrogens with one attached hydrogen (secondary N) is 2. The van der Waals surface area contributed by atoms with Crippen LogP contribution in [0.25, 0.3) is 0 Å². The molecule has 0 aliphatic carbocycles. The highest BCUT2D eigenvalue weighted by Gasteiger charge is 2.18. The standard InChI is InChI=1S/C12H14ClN3O3S/c13-10-6-9(16(18)19)1-2-11(10)15-12(17)5-8-7-20-4-3-14-8/h1-2,6,8,14H,3-5,7H2,(H,15,17). The van der Waals surface area contributed by atoms with Crippen LogP contribution in [-0.4, -0.2) is 34.9 Å². The van der Waals surface area contributed by atoms with Crippen molar-refractivity contribution in [2.45, 2.75) is 12.5 Å². The van der Waals surface area contributed by atoms with Gasteiger partial charge in [-0.05, 0) is 6.07 Å². The number of nitro groups is 1. The molecule has 1 aromatic rings. The first-order valence-electron chi connectivity index (χ1n) is 6.11. The van der Waals surface area contributed by atoms with Crippen LogP contribution in [0.1, 0.15) is 6.42 Å². The minimum atomic E-state index is -0.527. The summed E-state index contributed by atoms with van der Waals surface area (Å²) < 4.78 is 0. The van der Waals surface area contributed by atoms with E-state index in [1.807, 2.05) is 11.8 Å². The van der Waals surface area contributed by atoms with Crippen LogP contribution in [-0.2, 0) is 4.79 Å². The summed E-state index contributed by atoms with van der Waals surface area (Å²) >= 11 is 7.74. The van der Waals surface area contributed by atoms with Crippen molar-refractivity contribution in [2.75, 3.05) is 23.4 Å². The zero-order valence-electron chi connectivity index (χ0n) is 10.6. The van der Waals surface area contributed by atoms with Crippen LogP contribution in [0, 0.1) is 10.1 Å². The molecule has 1 fully saturated rings. The summed E-state index contributed by atoms with van der Waals surface area (Å²) in [5.41, 5.74) is 0.295. The lowest BCUT2D eigenvalue weighted by Gasteiger charge is -2.22. The fourth-order valence-electron chi connectivity index (χ4n) is 1.89. The molecule has 1 aromatic carbocycles. The number of amides is 1. The number of carbonyl (C=O) groups excluding carboxylic acids is 1. The van der Waals surface area contributed by atoms with Crippen molar-refractivity contribution in [2.24, 2.45) is 0 Å². The van der Waals surface area contributed by atoms with Gasteiger partial charge in [-0.3, -0.25) is 14.9 Å². The lowest BCUT2D eigenvalue weighted by atomic mass is 10.2. The molecule has 0 saturated carbocycles. The number of anilines is 1. The summed E-state index contributed by atoms with van der Waals surface area (Å²) in [6.07, 6.45) is 0.361. The third-order valence-corrected chi connectivity index (χ3v) is 4.31. The molecule has 2 rings (SSSR count). The normalized spacial score (nSPS) is 18.6. The van der Waals surface area contributed by atoms with Crippen molar-refractivity contribution < 1.29 is 9.72 Å². The van der Waals surface area contributed by atoms with Crippen LogP contribution in [0.15, 0.2) is 18.2 Å². The average molecular weight is 316 g/mol. The summed E-state index contributed by atoms with van der Waals surface area (Å²) in [5, 5.41) is 16.7. The van der Waals surface area contributed by atoms with Crippen molar-refractivity contribution >= 4 is 40.6 Å². The largest absolute Gasteiger partial charge is 0.325 e. The second-order valence-corrected chi connectivity index (χ2v) is 5.96. The fraction of sp³-hybridized carbons (Fsp3) is 0.417. The molecule has 1 heterocycles. The van der Waals surface area contributed by atoms with Crippen molar-refractivity contribution in [3.05, 3.63) is 33.3 Å². The lowest BCUT2D eigenvalue weighted by molar-refractivity contribution is -0.384. The van der Waals surface area contributed by atoms with Crippen LogP contribution in [0.3, 0.4) is 0 Å². The molecule has 1 aliphatic rings. The van der Waals surface area contributed by atoms with Gasteiger partial charge in [-0.2, -0.15) is 11.8 Å². The Bertz CT molecular complexity index is 521. The fourth-order valence-corrected chi connectivity index (χ4v) is 3.07. The average Bonchev–Trinajstić information content (AvgIpc) is 2.42. The van der Waals surface area contributed by atoms with Gasteiger partial charge in [0, 0.05) is 42.6 Å². The van der Waals surface area contributed by atoms with Gasteiger partial charge in [-0.25, -0.2) is 0 Å². The molecule has 8 heteroatoms. The van der Waals surface area contributed by atoms with Gasteiger partial charge >= 0.3 is 0 Å². The first-order chi connectivity index (χ1) is 9.56. The molecule has 1 saturated heterocycles. The van der Waals surface area contributed by atoms with E-state index in [1.54, 1.807) is 0 Å².